The van der Waals surface area contributed by atoms with Crippen LogP contribution in [-0.4, -0.2) is 62.2 Å². The molecule has 1 aromatic carbocycles. The number of hydrogen-bond acceptors (Lipinski definition) is 6. The number of rotatable bonds is 5. The van der Waals surface area contributed by atoms with Crippen LogP contribution in [0.15, 0.2) is 36.4 Å². The zero-order valence-electron chi connectivity index (χ0n) is 15.7. The van der Waals surface area contributed by atoms with Crippen molar-refractivity contribution in [3.8, 4) is 0 Å². The van der Waals surface area contributed by atoms with Gasteiger partial charge in [0.05, 0.1) is 5.75 Å². The van der Waals surface area contributed by atoms with Crippen molar-refractivity contribution in [3.05, 3.63) is 47.0 Å². The van der Waals surface area contributed by atoms with Gasteiger partial charge in [0.15, 0.2) is 11.6 Å². The molecule has 0 saturated carbocycles. The number of halogens is 1. The summed E-state index contributed by atoms with van der Waals surface area (Å²) in [5, 5.41) is 9.27. The molecule has 0 N–H and O–H groups in total. The van der Waals surface area contributed by atoms with Crippen LogP contribution in [0.2, 0.25) is 5.02 Å². The highest BCUT2D eigenvalue weighted by atomic mass is 35.5. The van der Waals surface area contributed by atoms with E-state index in [2.05, 4.69) is 20.0 Å². The van der Waals surface area contributed by atoms with E-state index in [4.69, 9.17) is 11.6 Å². The molecule has 0 amide bonds. The van der Waals surface area contributed by atoms with Gasteiger partial charge >= 0.3 is 0 Å². The highest BCUT2D eigenvalue weighted by Gasteiger charge is 2.28. The molecule has 1 aromatic heterocycles. The van der Waals surface area contributed by atoms with Crippen LogP contribution in [0.25, 0.3) is 0 Å². The average Bonchev–Trinajstić information content (AvgIpc) is 3.23. The van der Waals surface area contributed by atoms with Crippen molar-refractivity contribution < 1.29 is 8.42 Å². The van der Waals surface area contributed by atoms with Crippen molar-refractivity contribution in [1.29, 1.82) is 0 Å². The lowest BCUT2D eigenvalue weighted by Crippen LogP contribution is -2.49. The summed E-state index contributed by atoms with van der Waals surface area (Å²) in [6.45, 7) is 4.17. The van der Waals surface area contributed by atoms with Gasteiger partial charge in [-0.15, -0.1) is 10.2 Å². The van der Waals surface area contributed by atoms with Crippen LogP contribution in [0.5, 0.6) is 0 Å². The monoisotopic (exact) mass is 421 g/mol. The molecule has 2 fully saturated rings. The zero-order valence-corrected chi connectivity index (χ0v) is 17.2. The molecule has 2 aliphatic rings. The van der Waals surface area contributed by atoms with E-state index in [0.29, 0.717) is 36.8 Å². The summed E-state index contributed by atoms with van der Waals surface area (Å²) in [5.41, 5.74) is 0.707. The first-order valence-corrected chi connectivity index (χ1v) is 11.6. The number of anilines is 2. The summed E-state index contributed by atoms with van der Waals surface area (Å²) in [4.78, 5) is 4.34. The topological polar surface area (TPSA) is 69.6 Å². The van der Waals surface area contributed by atoms with Gasteiger partial charge in [0, 0.05) is 44.3 Å². The van der Waals surface area contributed by atoms with Gasteiger partial charge in [0.1, 0.15) is 0 Å². The molecule has 2 aliphatic heterocycles. The van der Waals surface area contributed by atoms with E-state index in [9.17, 15) is 8.42 Å². The Hall–Kier alpha value is -1.90. The third-order valence-corrected chi connectivity index (χ3v) is 7.35. The van der Waals surface area contributed by atoms with Crippen LogP contribution >= 0.6 is 11.6 Å². The summed E-state index contributed by atoms with van der Waals surface area (Å²) in [6.07, 6.45) is 2.41. The Morgan fingerprint density at radius 1 is 0.857 bits per heavy atom. The standard InChI is InChI=1S/C19H24ClN5O2S/c20-17-5-3-4-16(14-17)15-28(26,27)25-12-10-24(11-13-25)19-7-6-18(21-22-19)23-8-1-2-9-23/h3-7,14H,1-2,8-13,15H2. The maximum atomic E-state index is 12.7. The quantitative estimate of drug-likeness (QED) is 0.738. The lowest BCUT2D eigenvalue weighted by atomic mass is 10.2. The van der Waals surface area contributed by atoms with Gasteiger partial charge in [0.2, 0.25) is 10.0 Å². The molecule has 9 heteroatoms. The molecule has 28 heavy (non-hydrogen) atoms. The Kier molecular flexibility index (Phi) is 5.70. The van der Waals surface area contributed by atoms with E-state index in [1.165, 1.54) is 12.8 Å². The van der Waals surface area contributed by atoms with E-state index >= 15 is 0 Å². The van der Waals surface area contributed by atoms with Gasteiger partial charge in [-0.2, -0.15) is 4.31 Å². The lowest BCUT2D eigenvalue weighted by Gasteiger charge is -2.34. The minimum atomic E-state index is -3.37. The predicted molar refractivity (Wildman–Crippen MR) is 111 cm³/mol. The molecule has 4 rings (SSSR count). The minimum Gasteiger partial charge on any atom is -0.355 e. The van der Waals surface area contributed by atoms with Crippen molar-refractivity contribution in [2.75, 3.05) is 49.1 Å². The first kappa shape index (κ1) is 19.4. The SMILES string of the molecule is O=S(=O)(Cc1cccc(Cl)c1)N1CCN(c2ccc(N3CCCC3)nn2)CC1. The number of nitrogens with zero attached hydrogens (tertiary/aromatic N) is 5. The van der Waals surface area contributed by atoms with Gasteiger partial charge in [0.25, 0.3) is 0 Å². The Labute approximate surface area is 171 Å². The Morgan fingerprint density at radius 2 is 1.46 bits per heavy atom. The average molecular weight is 422 g/mol. The number of benzene rings is 1. The highest BCUT2D eigenvalue weighted by Crippen LogP contribution is 2.21. The summed E-state index contributed by atoms with van der Waals surface area (Å²) in [6, 6.07) is 11.0. The second kappa shape index (κ2) is 8.23. The lowest BCUT2D eigenvalue weighted by molar-refractivity contribution is 0.383. The Morgan fingerprint density at radius 3 is 2.04 bits per heavy atom. The Bertz CT molecular complexity index is 908. The fourth-order valence-electron chi connectivity index (χ4n) is 3.73. The van der Waals surface area contributed by atoms with Crippen molar-refractivity contribution >= 4 is 33.3 Å². The second-order valence-corrected chi connectivity index (χ2v) is 9.62. The molecular weight excluding hydrogens is 398 g/mol. The third kappa shape index (κ3) is 4.39. The van der Waals surface area contributed by atoms with E-state index < -0.39 is 10.0 Å². The van der Waals surface area contributed by atoms with Crippen LogP contribution in [0.1, 0.15) is 18.4 Å². The first-order valence-electron chi connectivity index (χ1n) is 9.57. The molecular formula is C19H24ClN5O2S. The maximum Gasteiger partial charge on any atom is 0.218 e. The molecule has 150 valence electrons. The van der Waals surface area contributed by atoms with Crippen molar-refractivity contribution in [1.82, 2.24) is 14.5 Å². The van der Waals surface area contributed by atoms with E-state index in [1.54, 1.807) is 28.6 Å². The molecule has 2 saturated heterocycles. The number of hydrogen-bond donors (Lipinski definition) is 0. The summed E-state index contributed by atoms with van der Waals surface area (Å²) >= 11 is 5.97. The van der Waals surface area contributed by atoms with Crippen LogP contribution in [-0.2, 0) is 15.8 Å². The normalized spacial score (nSPS) is 18.6. The maximum absolute atomic E-state index is 12.7. The smallest absolute Gasteiger partial charge is 0.218 e. The van der Waals surface area contributed by atoms with Crippen LogP contribution in [0.4, 0.5) is 11.6 Å². The van der Waals surface area contributed by atoms with E-state index in [1.807, 2.05) is 12.1 Å². The second-order valence-electron chi connectivity index (χ2n) is 7.22. The van der Waals surface area contributed by atoms with Gasteiger partial charge < -0.3 is 9.80 Å². The number of aromatic nitrogens is 2. The largest absolute Gasteiger partial charge is 0.355 e. The van der Waals surface area contributed by atoms with Crippen molar-refractivity contribution in [2.24, 2.45) is 0 Å². The van der Waals surface area contributed by atoms with Gasteiger partial charge in [-0.05, 0) is 42.7 Å². The molecule has 0 bridgehead atoms. The molecule has 0 aliphatic carbocycles. The fourth-order valence-corrected chi connectivity index (χ4v) is 5.44. The predicted octanol–water partition coefficient (Wildman–Crippen LogP) is 2.38. The molecule has 7 nitrogen and oxygen atoms in total. The van der Waals surface area contributed by atoms with Crippen LogP contribution in [0.3, 0.4) is 0 Å². The van der Waals surface area contributed by atoms with Gasteiger partial charge in [-0.1, -0.05) is 23.7 Å². The summed E-state index contributed by atoms with van der Waals surface area (Å²) in [7, 11) is -3.37. The Balaban J connectivity index is 1.36. The molecule has 3 heterocycles. The zero-order chi connectivity index (χ0) is 19.6. The molecule has 2 aromatic rings. The van der Waals surface area contributed by atoms with Crippen LogP contribution in [0, 0.1) is 0 Å². The van der Waals surface area contributed by atoms with E-state index in [-0.39, 0.29) is 5.75 Å². The van der Waals surface area contributed by atoms with Gasteiger partial charge in [-0.3, -0.25) is 0 Å². The fraction of sp³-hybridized carbons (Fsp3) is 0.474. The molecule has 0 unspecified atom stereocenters. The number of sulfonamides is 1. The van der Waals surface area contributed by atoms with Crippen molar-refractivity contribution in [2.45, 2.75) is 18.6 Å². The summed E-state index contributed by atoms with van der Waals surface area (Å²) < 4.78 is 27.0. The number of piperazine rings is 1. The first-order chi connectivity index (χ1) is 13.5. The highest BCUT2D eigenvalue weighted by molar-refractivity contribution is 7.88. The molecule has 0 spiro atoms. The van der Waals surface area contributed by atoms with E-state index in [0.717, 1.165) is 24.7 Å². The van der Waals surface area contributed by atoms with Gasteiger partial charge in [-0.25, -0.2) is 8.42 Å². The summed E-state index contributed by atoms with van der Waals surface area (Å²) in [5.74, 6) is 1.69. The van der Waals surface area contributed by atoms with Crippen molar-refractivity contribution in [3.63, 3.8) is 0 Å². The van der Waals surface area contributed by atoms with Crippen LogP contribution < -0.4 is 9.80 Å². The minimum absolute atomic E-state index is 0.0299. The molecule has 0 radical (unpaired) electrons. The third-order valence-electron chi connectivity index (χ3n) is 5.26. The molecule has 0 atom stereocenters.